The molecule has 0 atom stereocenters. The Kier molecular flexibility index (Phi) is 24.7. The zero-order chi connectivity index (χ0) is 23.0. The first kappa shape index (κ1) is 31.0. The second kappa shape index (κ2) is 24.7. The number of benzene rings is 2. The van der Waals surface area contributed by atoms with Gasteiger partial charge in [0.2, 0.25) is 46.7 Å². The van der Waals surface area contributed by atoms with Crippen LogP contribution in [0.4, 0.5) is 0 Å². The lowest BCUT2D eigenvalue weighted by Crippen LogP contribution is -2.00. The highest BCUT2D eigenvalue weighted by atomic mass is 27.1. The van der Waals surface area contributed by atoms with Crippen LogP contribution in [0.3, 0.4) is 0 Å². The number of hydrogen-bond acceptors (Lipinski definition) is 0. The van der Waals surface area contributed by atoms with Crippen LogP contribution in [0.2, 0.25) is 15.8 Å². The van der Waals surface area contributed by atoms with Crippen molar-refractivity contribution in [1.29, 1.82) is 0 Å². The van der Waals surface area contributed by atoms with Gasteiger partial charge in [0.1, 0.15) is 0 Å². The molecule has 0 spiro atoms. The number of unbranched alkanes of at least 4 members (excludes halogenated alkanes) is 5. The maximum absolute atomic E-state index is 2.30. The third-order valence-electron chi connectivity index (χ3n) is 4.85. The first-order valence-corrected chi connectivity index (χ1v) is 17.5. The van der Waals surface area contributed by atoms with Gasteiger partial charge in [-0.25, -0.2) is 0 Å². The van der Waals surface area contributed by atoms with Crippen molar-refractivity contribution in [3.8, 4) is 0 Å². The van der Waals surface area contributed by atoms with E-state index < -0.39 is 0 Å². The largest absolute Gasteiger partial charge is 0.211 e. The average Bonchev–Trinajstić information content (AvgIpc) is 2.78. The van der Waals surface area contributed by atoms with Gasteiger partial charge in [0.05, 0.1) is 0 Å². The second-order valence-electron chi connectivity index (χ2n) is 8.85. The molecule has 0 aromatic heterocycles. The minimum absolute atomic E-state index is 0. The van der Waals surface area contributed by atoms with Gasteiger partial charge < -0.3 is 0 Å². The summed E-state index contributed by atoms with van der Waals surface area (Å²) in [5.74, 6) is 0.878. The molecule has 0 nitrogen and oxygen atoms in total. The molecule has 0 aliphatic rings. The molecule has 0 aliphatic carbocycles. The Labute approximate surface area is 221 Å². The van der Waals surface area contributed by atoms with E-state index in [2.05, 4.69) is 88.4 Å². The van der Waals surface area contributed by atoms with Gasteiger partial charge in [0.15, 0.2) is 0 Å². The fourth-order valence-electron chi connectivity index (χ4n) is 3.15. The molecule has 0 saturated heterocycles. The van der Waals surface area contributed by atoms with E-state index in [1.54, 1.807) is 0 Å². The lowest BCUT2D eigenvalue weighted by Gasteiger charge is -2.02. The van der Waals surface area contributed by atoms with Crippen LogP contribution < -0.4 is 0 Å². The molecule has 0 bridgehead atoms. The van der Waals surface area contributed by atoms with Crippen LogP contribution in [0.15, 0.2) is 60.7 Å². The molecule has 0 fully saturated rings. The molecule has 0 heterocycles. The minimum atomic E-state index is 0. The normalized spacial score (nSPS) is 9.84. The highest BCUT2D eigenvalue weighted by Gasteiger charge is 1.98. The first-order valence-electron chi connectivity index (χ1n) is 12.8. The first-order chi connectivity index (χ1) is 15.1. The summed E-state index contributed by atoms with van der Waals surface area (Å²) in [6, 6.07) is 21.7. The smallest absolute Gasteiger partial charge is 0.104 e. The molecule has 2 aromatic rings. The number of hydrogen-bond donors (Lipinski definition) is 0. The highest BCUT2D eigenvalue weighted by Crippen LogP contribution is 2.08. The van der Waals surface area contributed by atoms with Crippen LogP contribution in [-0.4, -0.2) is 46.7 Å². The average molecular weight is 473 g/mol. The fraction of sp³-hybridized carbons (Fsp3) is 0.571. The van der Waals surface area contributed by atoms with Crippen molar-refractivity contribution in [1.82, 2.24) is 0 Å². The summed E-state index contributed by atoms with van der Waals surface area (Å²) >= 11 is 2.64. The Morgan fingerprint density at radius 3 is 1.65 bits per heavy atom. The van der Waals surface area contributed by atoms with Crippen molar-refractivity contribution in [2.75, 3.05) is 0 Å². The van der Waals surface area contributed by atoms with Gasteiger partial charge in [-0.1, -0.05) is 154 Å². The highest BCUT2D eigenvalue weighted by molar-refractivity contribution is 6.35. The quantitative estimate of drug-likeness (QED) is 0.202. The standard InChI is InChI=1S/C8H17.2C7H7.C4H9.C2H5.3Al.4H2.2H/c1-3-5-7-8-6-4-2;2*1-7-5-3-2-4-6-7;1-4(2)3;1-2;;;;;;;;;/h1,3-8H2,2H3;2*2-6H,1H2;4H,1H2,2-3H3;1H2,2H3;;;;4*1H;;. The van der Waals surface area contributed by atoms with Crippen LogP contribution in [0, 0.1) is 5.92 Å². The van der Waals surface area contributed by atoms with Crippen LogP contribution in [-0.2, 0) is 10.6 Å². The van der Waals surface area contributed by atoms with Gasteiger partial charge in [-0.15, -0.1) is 15.8 Å². The van der Waals surface area contributed by atoms with Gasteiger partial charge in [0.25, 0.3) is 0 Å². The Morgan fingerprint density at radius 1 is 0.710 bits per heavy atom. The fourth-order valence-corrected chi connectivity index (χ4v) is 5.98. The molecule has 2 radical (unpaired) electrons. The summed E-state index contributed by atoms with van der Waals surface area (Å²) in [5.41, 5.74) is 3.04. The van der Waals surface area contributed by atoms with E-state index in [1.165, 1.54) is 92.4 Å². The monoisotopic (exact) mass is 472 g/mol. The predicted octanol–water partition coefficient (Wildman–Crippen LogP) is 8.68. The Balaban J connectivity index is -0.000000143. The van der Waals surface area contributed by atoms with Crippen LogP contribution >= 0.6 is 0 Å². The molecule has 3 heteroatoms. The third kappa shape index (κ3) is 23.0. The lowest BCUT2D eigenvalue weighted by molar-refractivity contribution is 0.624. The molecular formula is C28H55Al3. The maximum Gasteiger partial charge on any atom is 0.211 e. The van der Waals surface area contributed by atoms with Crippen molar-refractivity contribution in [3.63, 3.8) is 0 Å². The molecule has 0 amide bonds. The molecule has 0 unspecified atom stereocenters. The molecule has 0 N–H and O–H groups in total. The summed E-state index contributed by atoms with van der Waals surface area (Å²) in [6.07, 6.45) is 8.62. The zero-order valence-corrected chi connectivity index (χ0v) is 25.6. The SMILES string of the molecule is CC(C)[CH2][Al][CH2]c1ccccc1.CCCCCCC[CH2][Al][CH2]c1ccccc1.C[CH2][AlH2].[HH].[HH].[HH].[HH]. The zero-order valence-electron chi connectivity index (χ0n) is 21.3. The molecule has 176 valence electrons. The molecule has 0 saturated carbocycles. The Bertz CT molecular complexity index is 587. The Morgan fingerprint density at radius 2 is 1.16 bits per heavy atom. The van der Waals surface area contributed by atoms with Crippen LogP contribution in [0.5, 0.6) is 0 Å². The van der Waals surface area contributed by atoms with Crippen molar-refractivity contribution in [2.45, 2.75) is 92.6 Å². The van der Waals surface area contributed by atoms with Gasteiger partial charge >= 0.3 is 0 Å². The van der Waals surface area contributed by atoms with E-state index in [1.807, 2.05) is 0 Å². The van der Waals surface area contributed by atoms with Crippen molar-refractivity contribution in [3.05, 3.63) is 71.8 Å². The third-order valence-corrected chi connectivity index (χ3v) is 8.46. The van der Waals surface area contributed by atoms with E-state index in [9.17, 15) is 0 Å². The Hall–Kier alpha value is 0.0374. The molecule has 2 rings (SSSR count). The summed E-state index contributed by atoms with van der Waals surface area (Å²) in [5, 5.41) is 6.96. The summed E-state index contributed by atoms with van der Waals surface area (Å²) in [6.45, 7) is 9.08. The van der Waals surface area contributed by atoms with E-state index >= 15 is 0 Å². The molecule has 2 aromatic carbocycles. The van der Waals surface area contributed by atoms with Gasteiger partial charge in [-0.3, -0.25) is 0 Å². The summed E-state index contributed by atoms with van der Waals surface area (Å²) < 4.78 is 0. The van der Waals surface area contributed by atoms with Gasteiger partial charge in [0, 0.05) is 5.71 Å². The summed E-state index contributed by atoms with van der Waals surface area (Å²) in [4.78, 5) is 0. The second-order valence-corrected chi connectivity index (χ2v) is 13.3. The predicted molar refractivity (Wildman–Crippen MR) is 157 cm³/mol. The lowest BCUT2D eigenvalue weighted by atomic mass is 10.1. The topological polar surface area (TPSA) is 0 Å². The van der Waals surface area contributed by atoms with Gasteiger partial charge in [-0.2, -0.15) is 0 Å². The molecule has 31 heavy (non-hydrogen) atoms. The minimum Gasteiger partial charge on any atom is -0.104 e. The van der Waals surface area contributed by atoms with E-state index in [-0.39, 0.29) is 5.71 Å². The van der Waals surface area contributed by atoms with Crippen molar-refractivity contribution < 1.29 is 5.71 Å². The molecular weight excluding hydrogens is 417 g/mol. The maximum atomic E-state index is 2.30. The van der Waals surface area contributed by atoms with E-state index in [4.69, 9.17) is 0 Å². The van der Waals surface area contributed by atoms with Crippen LogP contribution in [0.25, 0.3) is 0 Å². The number of rotatable bonds is 13. The van der Waals surface area contributed by atoms with Crippen molar-refractivity contribution in [2.24, 2.45) is 5.92 Å². The van der Waals surface area contributed by atoms with E-state index in [0.29, 0.717) is 30.4 Å². The van der Waals surface area contributed by atoms with Gasteiger partial charge in [-0.05, 0) is 0 Å². The van der Waals surface area contributed by atoms with Crippen LogP contribution in [0.1, 0.15) is 83.1 Å². The molecule has 0 aliphatic heterocycles. The van der Waals surface area contributed by atoms with E-state index in [0.717, 1.165) is 5.92 Å². The van der Waals surface area contributed by atoms with Crippen molar-refractivity contribution >= 4 is 46.7 Å². The summed E-state index contributed by atoms with van der Waals surface area (Å²) in [7, 11) is 0.